The Morgan fingerprint density at radius 3 is 2.55 bits per heavy atom. The summed E-state index contributed by atoms with van der Waals surface area (Å²) in [6, 6.07) is 2.58. The number of hydrogen-bond acceptors (Lipinski definition) is 7. The second kappa shape index (κ2) is 10.1. The van der Waals surface area contributed by atoms with E-state index in [0.29, 0.717) is 22.3 Å². The standard InChI is InChI=1S/C25H27F6N7O4/c1-22(2,24(26,27)28)41-10-16(34-20(39)18-17(13-5-6-13)36-42-37-18)19-32-14-7-4-12(8-15(14)33-19)9-38-11-23(3,25(29,30)31)35-21(38)40/h4,7-8,13,16H,5-6,9-11H2,1-3H3,(H,32,33)(H,34,39)(H,35,40)/t16-,23+/m0/s1. The fraction of sp³-hybridized carbons (Fsp3) is 0.560. The number of benzene rings is 1. The minimum absolute atomic E-state index is 0.00664. The van der Waals surface area contributed by atoms with Crippen molar-refractivity contribution in [2.24, 2.45) is 0 Å². The second-order valence-corrected chi connectivity index (χ2v) is 11.2. The number of ether oxygens (including phenoxy) is 1. The maximum Gasteiger partial charge on any atom is 0.416 e. The Morgan fingerprint density at radius 1 is 1.21 bits per heavy atom. The highest BCUT2D eigenvalue weighted by Crippen LogP contribution is 2.40. The number of H-pyrrole nitrogens is 1. The SMILES string of the molecule is CC(C)(OC[C@H](NC(=O)c1nonc1C1CC1)c1nc2cc(CN3C[C@](C)(C(F)(F)F)NC3=O)ccc2[nH]1)C(F)(F)F. The summed E-state index contributed by atoms with van der Waals surface area (Å²) in [7, 11) is 0. The monoisotopic (exact) mass is 603 g/mol. The predicted octanol–water partition coefficient (Wildman–Crippen LogP) is 4.50. The molecule has 0 bridgehead atoms. The number of carbonyl (C=O) groups excluding carboxylic acids is 2. The van der Waals surface area contributed by atoms with Crippen molar-refractivity contribution < 1.29 is 45.3 Å². The van der Waals surface area contributed by atoms with Crippen molar-refractivity contribution in [1.29, 1.82) is 0 Å². The van der Waals surface area contributed by atoms with Gasteiger partial charge in [-0.2, -0.15) is 26.3 Å². The third-order valence-corrected chi connectivity index (χ3v) is 7.36. The summed E-state index contributed by atoms with van der Waals surface area (Å²) in [5, 5.41) is 12.0. The molecule has 228 valence electrons. The van der Waals surface area contributed by atoms with E-state index >= 15 is 0 Å². The van der Waals surface area contributed by atoms with Gasteiger partial charge in [0, 0.05) is 12.5 Å². The molecule has 3 amide bonds. The van der Waals surface area contributed by atoms with E-state index in [1.807, 2.05) is 5.32 Å². The molecule has 1 saturated heterocycles. The number of halogens is 6. The molecule has 2 aliphatic rings. The molecule has 1 aromatic carbocycles. The van der Waals surface area contributed by atoms with Crippen LogP contribution >= 0.6 is 0 Å². The number of hydrogen-bond donors (Lipinski definition) is 3. The molecule has 3 heterocycles. The molecule has 42 heavy (non-hydrogen) atoms. The van der Waals surface area contributed by atoms with Crippen molar-refractivity contribution in [2.45, 2.75) is 75.6 Å². The average Bonchev–Trinajstić information content (AvgIpc) is 3.31. The number of aromatic amines is 1. The van der Waals surface area contributed by atoms with Crippen LogP contribution in [0.15, 0.2) is 22.8 Å². The lowest BCUT2D eigenvalue weighted by atomic mass is 10.0. The Bertz CT molecular complexity index is 1500. The number of nitrogens with one attached hydrogen (secondary N) is 3. The van der Waals surface area contributed by atoms with Crippen LogP contribution in [0.3, 0.4) is 0 Å². The largest absolute Gasteiger partial charge is 0.416 e. The maximum absolute atomic E-state index is 13.5. The van der Waals surface area contributed by atoms with Gasteiger partial charge in [-0.1, -0.05) is 11.2 Å². The minimum Gasteiger partial charge on any atom is -0.364 e. The fourth-order valence-electron chi connectivity index (χ4n) is 4.42. The summed E-state index contributed by atoms with van der Waals surface area (Å²) < 4.78 is 90.5. The van der Waals surface area contributed by atoms with Crippen LogP contribution in [-0.2, 0) is 11.3 Å². The highest BCUT2D eigenvalue weighted by Gasteiger charge is 2.57. The molecule has 0 radical (unpaired) electrons. The zero-order chi connectivity index (χ0) is 30.7. The molecule has 2 atom stereocenters. The third kappa shape index (κ3) is 5.73. The Kier molecular flexibility index (Phi) is 7.14. The number of alkyl halides is 6. The molecule has 0 spiro atoms. The number of nitrogens with zero attached hydrogens (tertiary/aromatic N) is 4. The molecule has 2 aromatic heterocycles. The van der Waals surface area contributed by atoms with E-state index in [2.05, 4.69) is 25.6 Å². The Labute approximate surface area is 234 Å². The van der Waals surface area contributed by atoms with Crippen LogP contribution in [0.25, 0.3) is 11.0 Å². The molecular formula is C25H27F6N7O4. The minimum atomic E-state index is -4.70. The third-order valence-electron chi connectivity index (χ3n) is 7.36. The van der Waals surface area contributed by atoms with E-state index in [9.17, 15) is 35.9 Å². The summed E-state index contributed by atoms with van der Waals surface area (Å²) in [4.78, 5) is 33.7. The van der Waals surface area contributed by atoms with Gasteiger partial charge in [-0.05, 0) is 56.5 Å². The van der Waals surface area contributed by atoms with Crippen LogP contribution in [0, 0.1) is 0 Å². The van der Waals surface area contributed by atoms with E-state index in [0.717, 1.165) is 38.5 Å². The van der Waals surface area contributed by atoms with Crippen LogP contribution in [0.1, 0.15) is 73.1 Å². The van der Waals surface area contributed by atoms with Crippen molar-refractivity contribution in [3.63, 3.8) is 0 Å². The average molecular weight is 604 g/mol. The summed E-state index contributed by atoms with van der Waals surface area (Å²) in [6.07, 6.45) is -7.77. The number of rotatable bonds is 9. The molecule has 11 nitrogen and oxygen atoms in total. The van der Waals surface area contributed by atoms with E-state index in [4.69, 9.17) is 9.37 Å². The van der Waals surface area contributed by atoms with Gasteiger partial charge in [-0.15, -0.1) is 0 Å². The molecule has 1 aliphatic carbocycles. The Morgan fingerprint density at radius 2 is 1.93 bits per heavy atom. The molecule has 3 N–H and O–H groups in total. The van der Waals surface area contributed by atoms with Gasteiger partial charge in [0.2, 0.25) is 0 Å². The Balaban J connectivity index is 1.38. The number of carbonyl (C=O) groups is 2. The summed E-state index contributed by atoms with van der Waals surface area (Å²) in [6.45, 7) is 1.22. The van der Waals surface area contributed by atoms with Crippen LogP contribution in [0.2, 0.25) is 0 Å². The van der Waals surface area contributed by atoms with E-state index in [1.54, 1.807) is 12.1 Å². The lowest BCUT2D eigenvalue weighted by Crippen LogP contribution is -2.53. The fourth-order valence-corrected chi connectivity index (χ4v) is 4.42. The first-order valence-corrected chi connectivity index (χ1v) is 12.9. The normalized spacial score (nSPS) is 20.7. The summed E-state index contributed by atoms with van der Waals surface area (Å²) in [5.41, 5.74) is -3.50. The van der Waals surface area contributed by atoms with E-state index < -0.39 is 54.6 Å². The van der Waals surface area contributed by atoms with Crippen LogP contribution in [0.4, 0.5) is 31.1 Å². The molecular weight excluding hydrogens is 576 g/mol. The molecule has 1 saturated carbocycles. The topological polar surface area (TPSA) is 138 Å². The van der Waals surface area contributed by atoms with E-state index in [-0.39, 0.29) is 24.0 Å². The molecule has 0 unspecified atom stereocenters. The quantitative estimate of drug-likeness (QED) is 0.306. The van der Waals surface area contributed by atoms with Gasteiger partial charge in [-0.25, -0.2) is 14.4 Å². The number of urea groups is 1. The van der Waals surface area contributed by atoms with Crippen molar-refractivity contribution >= 4 is 23.0 Å². The molecule has 3 aromatic rings. The van der Waals surface area contributed by atoms with Gasteiger partial charge in [0.05, 0.1) is 24.2 Å². The zero-order valence-electron chi connectivity index (χ0n) is 22.6. The lowest BCUT2D eigenvalue weighted by Gasteiger charge is -2.29. The first-order chi connectivity index (χ1) is 19.5. The predicted molar refractivity (Wildman–Crippen MR) is 132 cm³/mol. The highest BCUT2D eigenvalue weighted by atomic mass is 19.4. The Hall–Kier alpha value is -3.89. The van der Waals surface area contributed by atoms with Gasteiger partial charge in [0.1, 0.15) is 17.6 Å². The smallest absolute Gasteiger partial charge is 0.364 e. The van der Waals surface area contributed by atoms with Crippen molar-refractivity contribution in [3.8, 4) is 0 Å². The first kappa shape index (κ1) is 29.6. The first-order valence-electron chi connectivity index (χ1n) is 12.9. The number of amides is 3. The number of fused-ring (bicyclic) bond motifs is 1. The van der Waals surface area contributed by atoms with Gasteiger partial charge in [0.15, 0.2) is 16.8 Å². The second-order valence-electron chi connectivity index (χ2n) is 11.2. The van der Waals surface area contributed by atoms with Crippen molar-refractivity contribution in [1.82, 2.24) is 35.8 Å². The van der Waals surface area contributed by atoms with Gasteiger partial charge < -0.3 is 25.3 Å². The zero-order valence-corrected chi connectivity index (χ0v) is 22.6. The van der Waals surface area contributed by atoms with Gasteiger partial charge in [-0.3, -0.25) is 4.79 Å². The van der Waals surface area contributed by atoms with Crippen molar-refractivity contribution in [3.05, 3.63) is 41.0 Å². The summed E-state index contributed by atoms with van der Waals surface area (Å²) >= 11 is 0. The van der Waals surface area contributed by atoms with Gasteiger partial charge >= 0.3 is 18.4 Å². The van der Waals surface area contributed by atoms with Gasteiger partial charge in [0.25, 0.3) is 5.91 Å². The van der Waals surface area contributed by atoms with E-state index in [1.165, 1.54) is 6.07 Å². The molecule has 1 aliphatic heterocycles. The number of aromatic nitrogens is 4. The summed E-state index contributed by atoms with van der Waals surface area (Å²) in [5.74, 6) is -0.681. The lowest BCUT2D eigenvalue weighted by molar-refractivity contribution is -0.265. The van der Waals surface area contributed by atoms with Crippen molar-refractivity contribution in [2.75, 3.05) is 13.2 Å². The number of imidazole rings is 1. The molecule has 5 rings (SSSR count). The van der Waals surface area contributed by atoms with Crippen LogP contribution in [0.5, 0.6) is 0 Å². The maximum atomic E-state index is 13.5. The highest BCUT2D eigenvalue weighted by molar-refractivity contribution is 5.93. The van der Waals surface area contributed by atoms with Crippen LogP contribution < -0.4 is 10.6 Å². The molecule has 17 heteroatoms. The molecule has 2 fully saturated rings. The van der Waals surface area contributed by atoms with Crippen LogP contribution in [-0.4, -0.2) is 73.8 Å².